The van der Waals surface area contributed by atoms with Crippen LogP contribution in [0.3, 0.4) is 0 Å². The Morgan fingerprint density at radius 2 is 1.89 bits per heavy atom. The Bertz CT molecular complexity index is 1070. The normalized spacial score (nSPS) is 24.5. The second kappa shape index (κ2) is 7.50. The van der Waals surface area contributed by atoms with Gasteiger partial charge in [-0.25, -0.2) is 12.8 Å². The molecule has 0 saturated carbocycles. The van der Waals surface area contributed by atoms with Crippen LogP contribution in [-0.4, -0.2) is 42.3 Å². The Balaban J connectivity index is 1.67. The van der Waals surface area contributed by atoms with Gasteiger partial charge in [0.05, 0.1) is 29.7 Å². The monoisotopic (exact) mass is 438 g/mol. The number of carbonyl (C=O) groups is 1. The third kappa shape index (κ3) is 3.81. The maximum Gasteiger partial charge on any atom is 0.252 e. The summed E-state index contributed by atoms with van der Waals surface area (Å²) in [7, 11) is -3.21. The van der Waals surface area contributed by atoms with Gasteiger partial charge in [0.1, 0.15) is 5.82 Å². The van der Waals surface area contributed by atoms with Crippen LogP contribution < -0.4 is 4.90 Å². The average molecular weight is 439 g/mol. The van der Waals surface area contributed by atoms with E-state index in [0.717, 1.165) is 0 Å². The molecule has 146 valence electrons. The van der Waals surface area contributed by atoms with E-state index in [4.69, 9.17) is 11.6 Å². The van der Waals surface area contributed by atoms with Crippen molar-refractivity contribution in [2.24, 2.45) is 4.99 Å². The van der Waals surface area contributed by atoms with E-state index in [1.54, 1.807) is 47.4 Å². The summed E-state index contributed by atoms with van der Waals surface area (Å²) in [5.41, 5.74) is 0.880. The Morgan fingerprint density at radius 1 is 1.18 bits per heavy atom. The lowest BCUT2D eigenvalue weighted by Crippen LogP contribution is -2.38. The van der Waals surface area contributed by atoms with Crippen molar-refractivity contribution in [1.82, 2.24) is 0 Å². The van der Waals surface area contributed by atoms with Crippen molar-refractivity contribution in [1.29, 1.82) is 0 Å². The molecule has 0 aromatic heterocycles. The predicted molar refractivity (Wildman–Crippen MR) is 110 cm³/mol. The highest BCUT2D eigenvalue weighted by Crippen LogP contribution is 2.41. The quantitative estimate of drug-likeness (QED) is 0.735. The van der Waals surface area contributed by atoms with E-state index < -0.39 is 27.6 Å². The molecule has 1 amide bonds. The number of thioether (sulfide) groups is 1. The number of benzene rings is 2. The van der Waals surface area contributed by atoms with Crippen molar-refractivity contribution in [3.63, 3.8) is 0 Å². The Hall–Kier alpha value is -1.90. The Labute approximate surface area is 171 Å². The second-order valence-electron chi connectivity index (χ2n) is 6.68. The molecule has 0 bridgehead atoms. The maximum absolute atomic E-state index is 14.4. The van der Waals surface area contributed by atoms with E-state index in [2.05, 4.69) is 4.99 Å². The first-order valence-corrected chi connectivity index (χ1v) is 11.7. The molecular weight excluding hydrogens is 423 g/mol. The lowest BCUT2D eigenvalue weighted by molar-refractivity contribution is -0.117. The van der Waals surface area contributed by atoms with Crippen LogP contribution in [0.5, 0.6) is 0 Å². The van der Waals surface area contributed by atoms with Crippen LogP contribution in [0, 0.1) is 5.82 Å². The molecule has 0 radical (unpaired) electrons. The number of amidine groups is 1. The average Bonchev–Trinajstić information content (AvgIpc) is 3.08. The summed E-state index contributed by atoms with van der Waals surface area (Å²) >= 11 is 7.32. The standard InChI is InChI=1S/C19H16ClFN2O3S2/c20-13-6-2-1-5-12(13)9-18(24)22-19-23(15-8-4-3-7-14(15)21)16-10-28(25,26)11-17(16)27-19/h1-8,16-17H,9-11H2. The topological polar surface area (TPSA) is 66.8 Å². The van der Waals surface area contributed by atoms with Crippen molar-refractivity contribution in [3.8, 4) is 0 Å². The molecule has 2 unspecified atom stereocenters. The Morgan fingerprint density at radius 3 is 2.64 bits per heavy atom. The third-order valence-corrected chi connectivity index (χ3v) is 8.28. The van der Waals surface area contributed by atoms with E-state index in [9.17, 15) is 17.6 Å². The van der Waals surface area contributed by atoms with Crippen molar-refractivity contribution >= 4 is 50.0 Å². The highest BCUT2D eigenvalue weighted by molar-refractivity contribution is 8.16. The number of rotatable bonds is 3. The summed E-state index contributed by atoms with van der Waals surface area (Å²) in [5, 5.41) is 0.521. The van der Waals surface area contributed by atoms with E-state index >= 15 is 0 Å². The first kappa shape index (κ1) is 19.4. The molecule has 2 atom stereocenters. The third-order valence-electron chi connectivity index (χ3n) is 4.70. The number of amides is 1. The highest BCUT2D eigenvalue weighted by Gasteiger charge is 2.49. The minimum absolute atomic E-state index is 0.00892. The van der Waals surface area contributed by atoms with E-state index in [-0.39, 0.29) is 28.9 Å². The van der Waals surface area contributed by atoms with Gasteiger partial charge < -0.3 is 4.90 Å². The van der Waals surface area contributed by atoms with Crippen LogP contribution in [0.25, 0.3) is 0 Å². The molecule has 2 heterocycles. The molecule has 0 aliphatic carbocycles. The van der Waals surface area contributed by atoms with Crippen LogP contribution in [0.15, 0.2) is 53.5 Å². The fourth-order valence-corrected chi connectivity index (χ4v) is 7.57. The van der Waals surface area contributed by atoms with E-state index in [0.29, 0.717) is 15.8 Å². The number of carbonyl (C=O) groups excluding carboxylic acids is 1. The first-order valence-electron chi connectivity index (χ1n) is 8.60. The summed E-state index contributed by atoms with van der Waals surface area (Å²) < 4.78 is 38.6. The predicted octanol–water partition coefficient (Wildman–Crippen LogP) is 3.32. The molecule has 28 heavy (non-hydrogen) atoms. The van der Waals surface area contributed by atoms with Gasteiger partial charge in [0.15, 0.2) is 15.0 Å². The van der Waals surface area contributed by atoms with Gasteiger partial charge >= 0.3 is 0 Å². The van der Waals surface area contributed by atoms with Gasteiger partial charge in [-0.05, 0) is 23.8 Å². The minimum Gasteiger partial charge on any atom is -0.313 e. The van der Waals surface area contributed by atoms with Crippen molar-refractivity contribution in [3.05, 3.63) is 64.9 Å². The number of fused-ring (bicyclic) bond motifs is 1. The largest absolute Gasteiger partial charge is 0.313 e. The van der Waals surface area contributed by atoms with Crippen LogP contribution in [-0.2, 0) is 21.1 Å². The van der Waals surface area contributed by atoms with Gasteiger partial charge in [0.2, 0.25) is 0 Å². The number of sulfone groups is 1. The number of para-hydroxylation sites is 1. The molecule has 0 N–H and O–H groups in total. The number of halogens is 2. The van der Waals surface area contributed by atoms with Crippen molar-refractivity contribution in [2.45, 2.75) is 17.7 Å². The number of nitrogens with zero attached hydrogens (tertiary/aromatic N) is 2. The maximum atomic E-state index is 14.4. The fraction of sp³-hybridized carbons (Fsp3) is 0.263. The summed E-state index contributed by atoms with van der Waals surface area (Å²) in [6.07, 6.45) is 0.0163. The number of hydrogen-bond acceptors (Lipinski definition) is 4. The van der Waals surface area contributed by atoms with Crippen molar-refractivity contribution < 1.29 is 17.6 Å². The molecule has 2 aliphatic heterocycles. The van der Waals surface area contributed by atoms with Gasteiger partial charge in [0.25, 0.3) is 5.91 Å². The summed E-state index contributed by atoms with van der Waals surface area (Å²) in [6, 6.07) is 12.7. The van der Waals surface area contributed by atoms with Gasteiger partial charge in [-0.3, -0.25) is 4.79 Å². The summed E-state index contributed by atoms with van der Waals surface area (Å²) in [4.78, 5) is 18.3. The number of hydrogen-bond donors (Lipinski definition) is 0. The molecule has 4 rings (SSSR count). The fourth-order valence-electron chi connectivity index (χ4n) is 3.44. The van der Waals surface area contributed by atoms with E-state index in [1.165, 1.54) is 17.8 Å². The van der Waals surface area contributed by atoms with Crippen LogP contribution in [0.4, 0.5) is 10.1 Å². The number of aliphatic imine (C=N–C) groups is 1. The zero-order valence-electron chi connectivity index (χ0n) is 14.6. The first-order chi connectivity index (χ1) is 13.3. The molecule has 0 spiro atoms. The number of anilines is 1. The van der Waals surface area contributed by atoms with E-state index in [1.807, 2.05) is 0 Å². The van der Waals surface area contributed by atoms with Gasteiger partial charge in [-0.1, -0.05) is 53.7 Å². The SMILES string of the molecule is O=C(Cc1ccccc1Cl)N=C1SC2CS(=O)(=O)CC2N1c1ccccc1F. The minimum atomic E-state index is -3.21. The lowest BCUT2D eigenvalue weighted by Gasteiger charge is -2.24. The lowest BCUT2D eigenvalue weighted by atomic mass is 10.1. The molecule has 2 aliphatic rings. The second-order valence-corrected chi connectivity index (χ2v) is 10.4. The smallest absolute Gasteiger partial charge is 0.252 e. The zero-order chi connectivity index (χ0) is 19.9. The zero-order valence-corrected chi connectivity index (χ0v) is 17.0. The molecule has 2 aromatic rings. The van der Waals surface area contributed by atoms with Crippen molar-refractivity contribution in [2.75, 3.05) is 16.4 Å². The molecule has 9 heteroatoms. The van der Waals surface area contributed by atoms with Crippen LogP contribution >= 0.6 is 23.4 Å². The Kier molecular flexibility index (Phi) is 5.20. The highest BCUT2D eigenvalue weighted by atomic mass is 35.5. The molecule has 2 saturated heterocycles. The molecule has 2 aromatic carbocycles. The van der Waals surface area contributed by atoms with Gasteiger partial charge in [-0.2, -0.15) is 4.99 Å². The van der Waals surface area contributed by atoms with Gasteiger partial charge in [-0.15, -0.1) is 0 Å². The summed E-state index contributed by atoms with van der Waals surface area (Å²) in [5.74, 6) is -0.999. The molecule has 2 fully saturated rings. The van der Waals surface area contributed by atoms with Gasteiger partial charge in [0, 0.05) is 10.3 Å². The molecular formula is C19H16ClFN2O3S2. The van der Waals surface area contributed by atoms with Crippen LogP contribution in [0.1, 0.15) is 5.56 Å². The molecule has 5 nitrogen and oxygen atoms in total. The van der Waals surface area contributed by atoms with Crippen LogP contribution in [0.2, 0.25) is 5.02 Å². The summed E-state index contributed by atoms with van der Waals surface area (Å²) in [6.45, 7) is 0.